The summed E-state index contributed by atoms with van der Waals surface area (Å²) in [7, 11) is 0. The van der Waals surface area contributed by atoms with E-state index in [1.807, 2.05) is 6.07 Å². The Morgan fingerprint density at radius 2 is 1.90 bits per heavy atom. The highest BCUT2D eigenvalue weighted by Gasteiger charge is 2.39. The van der Waals surface area contributed by atoms with Crippen LogP contribution in [-0.4, -0.2) is 58.8 Å². The number of piperazine rings is 1. The molecule has 1 aliphatic carbocycles. The van der Waals surface area contributed by atoms with Crippen LogP contribution in [0.4, 0.5) is 14.5 Å². The summed E-state index contributed by atoms with van der Waals surface area (Å²) >= 11 is 0. The van der Waals surface area contributed by atoms with Crippen molar-refractivity contribution in [1.29, 1.82) is 0 Å². The quantitative estimate of drug-likeness (QED) is 0.748. The third-order valence-electron chi connectivity index (χ3n) is 6.00. The zero-order valence-electron chi connectivity index (χ0n) is 16.6. The number of hydrogen-bond donors (Lipinski definition) is 2. The van der Waals surface area contributed by atoms with Gasteiger partial charge in [0.1, 0.15) is 5.65 Å². The highest BCUT2D eigenvalue weighted by Crippen LogP contribution is 2.37. The van der Waals surface area contributed by atoms with E-state index in [0.29, 0.717) is 31.8 Å². The van der Waals surface area contributed by atoms with Crippen LogP contribution in [0.25, 0.3) is 17.1 Å². The van der Waals surface area contributed by atoms with Gasteiger partial charge in [-0.1, -0.05) is 0 Å². The van der Waals surface area contributed by atoms with Crippen LogP contribution >= 0.6 is 0 Å². The SMILES string of the molecule is NC(=O)/C=C/c1c[nH]c2ncc(N3CCN(C(=O)C4CCC(F)(F)CC4)CC3)cc12. The minimum absolute atomic E-state index is 0.00300. The highest BCUT2D eigenvalue weighted by atomic mass is 19.3. The molecule has 30 heavy (non-hydrogen) atoms. The van der Waals surface area contributed by atoms with Crippen LogP contribution in [0.1, 0.15) is 31.2 Å². The van der Waals surface area contributed by atoms with Crippen LogP contribution in [0.3, 0.4) is 0 Å². The summed E-state index contributed by atoms with van der Waals surface area (Å²) < 4.78 is 26.7. The lowest BCUT2D eigenvalue weighted by Crippen LogP contribution is -2.51. The minimum Gasteiger partial charge on any atom is -0.367 e. The number of H-pyrrole nitrogens is 1. The van der Waals surface area contributed by atoms with Gasteiger partial charge in [0.05, 0.1) is 11.9 Å². The smallest absolute Gasteiger partial charge is 0.248 e. The number of anilines is 1. The summed E-state index contributed by atoms with van der Waals surface area (Å²) in [4.78, 5) is 35.2. The van der Waals surface area contributed by atoms with Gasteiger partial charge in [-0.25, -0.2) is 13.8 Å². The lowest BCUT2D eigenvalue weighted by atomic mass is 9.86. The second-order valence-corrected chi connectivity index (χ2v) is 8.01. The monoisotopic (exact) mass is 417 g/mol. The van der Waals surface area contributed by atoms with Crippen LogP contribution in [0, 0.1) is 5.92 Å². The molecule has 0 bridgehead atoms. The summed E-state index contributed by atoms with van der Waals surface area (Å²) in [6.07, 6.45) is 6.64. The predicted octanol–water partition coefficient (Wildman–Crippen LogP) is 2.54. The van der Waals surface area contributed by atoms with Crippen molar-refractivity contribution in [3.05, 3.63) is 30.1 Å². The second kappa shape index (κ2) is 8.04. The molecule has 4 rings (SSSR count). The normalized spacial score (nSPS) is 20.2. The van der Waals surface area contributed by atoms with Gasteiger partial charge >= 0.3 is 0 Å². The zero-order chi connectivity index (χ0) is 21.3. The number of aromatic amines is 1. The van der Waals surface area contributed by atoms with Gasteiger partial charge in [0.2, 0.25) is 17.7 Å². The Hall–Kier alpha value is -2.97. The molecule has 1 saturated carbocycles. The van der Waals surface area contributed by atoms with E-state index < -0.39 is 11.8 Å². The number of hydrogen-bond acceptors (Lipinski definition) is 4. The molecule has 2 amide bonds. The first-order valence-electron chi connectivity index (χ1n) is 10.2. The van der Waals surface area contributed by atoms with Crippen molar-refractivity contribution in [2.24, 2.45) is 11.7 Å². The standard InChI is InChI=1S/C21H25F2N5O2/c22-21(23)5-3-14(4-6-21)20(30)28-9-7-27(8-10-28)16-11-17-15(1-2-18(24)29)12-25-19(17)26-13-16/h1-2,11-14H,3-10H2,(H2,24,29)(H,25,26)/b2-1+. The molecular formula is C21H25F2N5O2. The molecule has 2 aliphatic rings. The van der Waals surface area contributed by atoms with Gasteiger partial charge in [-0.2, -0.15) is 0 Å². The number of nitrogens with zero attached hydrogens (tertiary/aromatic N) is 3. The van der Waals surface area contributed by atoms with Crippen molar-refractivity contribution in [2.75, 3.05) is 31.1 Å². The fourth-order valence-corrected chi connectivity index (χ4v) is 4.23. The number of halogens is 2. The Morgan fingerprint density at radius 1 is 1.20 bits per heavy atom. The Kier molecular flexibility index (Phi) is 5.44. The van der Waals surface area contributed by atoms with E-state index in [0.717, 1.165) is 16.6 Å². The first-order chi connectivity index (χ1) is 14.3. The van der Waals surface area contributed by atoms with Gasteiger partial charge in [0.25, 0.3) is 0 Å². The molecule has 160 valence electrons. The van der Waals surface area contributed by atoms with Crippen molar-refractivity contribution in [2.45, 2.75) is 31.6 Å². The number of alkyl halides is 2. The molecule has 0 radical (unpaired) electrons. The largest absolute Gasteiger partial charge is 0.367 e. The summed E-state index contributed by atoms with van der Waals surface area (Å²) in [6.45, 7) is 2.42. The Morgan fingerprint density at radius 3 is 2.57 bits per heavy atom. The maximum absolute atomic E-state index is 13.4. The van der Waals surface area contributed by atoms with Crippen LogP contribution in [0.2, 0.25) is 0 Å². The molecule has 1 saturated heterocycles. The third-order valence-corrected chi connectivity index (χ3v) is 6.00. The minimum atomic E-state index is -2.62. The summed E-state index contributed by atoms with van der Waals surface area (Å²) in [5.74, 6) is -3.42. The molecule has 2 fully saturated rings. The van der Waals surface area contributed by atoms with Gasteiger partial charge in [-0.3, -0.25) is 9.59 Å². The number of aromatic nitrogens is 2. The van der Waals surface area contributed by atoms with Gasteiger partial charge in [-0.05, 0) is 25.0 Å². The van der Waals surface area contributed by atoms with Gasteiger partial charge < -0.3 is 20.5 Å². The molecule has 2 aromatic rings. The molecule has 0 atom stereocenters. The summed E-state index contributed by atoms with van der Waals surface area (Å²) in [5.41, 5.74) is 7.64. The van der Waals surface area contributed by atoms with Gasteiger partial charge in [0, 0.05) is 68.2 Å². The van der Waals surface area contributed by atoms with Gasteiger partial charge in [-0.15, -0.1) is 0 Å². The number of carbonyl (C=O) groups is 2. The lowest BCUT2D eigenvalue weighted by Gasteiger charge is -2.38. The average molecular weight is 417 g/mol. The Bertz CT molecular complexity index is 969. The number of primary amides is 1. The average Bonchev–Trinajstić information content (AvgIpc) is 3.14. The molecule has 7 nitrogen and oxygen atoms in total. The van der Waals surface area contributed by atoms with Gasteiger partial charge in [0.15, 0.2) is 0 Å². The molecule has 0 unspecified atom stereocenters. The van der Waals surface area contributed by atoms with E-state index in [1.54, 1.807) is 23.4 Å². The maximum Gasteiger partial charge on any atom is 0.248 e. The van der Waals surface area contributed by atoms with E-state index in [-0.39, 0.29) is 37.5 Å². The van der Waals surface area contributed by atoms with Crippen LogP contribution < -0.4 is 10.6 Å². The summed E-state index contributed by atoms with van der Waals surface area (Å²) in [6, 6.07) is 2.00. The van der Waals surface area contributed by atoms with Crippen molar-refractivity contribution >= 4 is 34.6 Å². The van der Waals surface area contributed by atoms with E-state index in [9.17, 15) is 18.4 Å². The van der Waals surface area contributed by atoms with E-state index in [1.165, 1.54) is 6.08 Å². The van der Waals surface area contributed by atoms with E-state index in [2.05, 4.69) is 14.9 Å². The molecule has 3 N–H and O–H groups in total. The fraction of sp³-hybridized carbons (Fsp3) is 0.476. The molecule has 9 heteroatoms. The Balaban J connectivity index is 1.40. The maximum atomic E-state index is 13.4. The van der Waals surface area contributed by atoms with Crippen molar-refractivity contribution < 1.29 is 18.4 Å². The Labute approximate surface area is 172 Å². The van der Waals surface area contributed by atoms with Crippen molar-refractivity contribution in [3.8, 4) is 0 Å². The molecule has 0 aromatic carbocycles. The molecular weight excluding hydrogens is 392 g/mol. The highest BCUT2D eigenvalue weighted by molar-refractivity contribution is 5.95. The van der Waals surface area contributed by atoms with E-state index in [4.69, 9.17) is 5.73 Å². The van der Waals surface area contributed by atoms with Crippen LogP contribution in [0.15, 0.2) is 24.5 Å². The molecule has 1 aliphatic heterocycles. The number of nitrogens with one attached hydrogen (secondary N) is 1. The zero-order valence-corrected chi connectivity index (χ0v) is 16.6. The topological polar surface area (TPSA) is 95.3 Å². The second-order valence-electron chi connectivity index (χ2n) is 8.01. The van der Waals surface area contributed by atoms with Crippen molar-refractivity contribution in [1.82, 2.24) is 14.9 Å². The summed E-state index contributed by atoms with van der Waals surface area (Å²) in [5, 5.41) is 0.881. The van der Waals surface area contributed by atoms with E-state index >= 15 is 0 Å². The van der Waals surface area contributed by atoms with Crippen molar-refractivity contribution in [3.63, 3.8) is 0 Å². The van der Waals surface area contributed by atoms with Crippen LogP contribution in [-0.2, 0) is 9.59 Å². The number of rotatable bonds is 4. The molecule has 0 spiro atoms. The number of carbonyl (C=O) groups excluding carboxylic acids is 2. The first-order valence-corrected chi connectivity index (χ1v) is 10.2. The number of nitrogens with two attached hydrogens (primary N) is 1. The fourth-order valence-electron chi connectivity index (χ4n) is 4.23. The number of fused-ring (bicyclic) bond motifs is 1. The molecule has 2 aromatic heterocycles. The molecule has 3 heterocycles. The predicted molar refractivity (Wildman–Crippen MR) is 110 cm³/mol. The number of pyridine rings is 1. The van der Waals surface area contributed by atoms with Crippen LogP contribution in [0.5, 0.6) is 0 Å². The third kappa shape index (κ3) is 4.29. The lowest BCUT2D eigenvalue weighted by molar-refractivity contribution is -0.140. The number of amides is 2. The first kappa shape index (κ1) is 20.3.